The zero-order valence-electron chi connectivity index (χ0n) is 33.1. The second kappa shape index (κ2) is 13.1. The van der Waals surface area contributed by atoms with Crippen molar-refractivity contribution in [1.29, 1.82) is 0 Å². The topological polar surface area (TPSA) is 222 Å². The van der Waals surface area contributed by atoms with Crippen LogP contribution in [0.25, 0.3) is 0 Å². The van der Waals surface area contributed by atoms with E-state index in [2.05, 4.69) is 41.5 Å². The van der Waals surface area contributed by atoms with Crippen LogP contribution in [0.15, 0.2) is 0 Å². The molecule has 5 aliphatic carbocycles. The molecule has 3 aliphatic heterocycles. The molecular formula is C41H64O14. The van der Waals surface area contributed by atoms with Crippen molar-refractivity contribution in [2.24, 2.45) is 50.2 Å². The summed E-state index contributed by atoms with van der Waals surface area (Å²) in [5.41, 5.74) is -2.01. The summed E-state index contributed by atoms with van der Waals surface area (Å²) in [4.78, 5) is 24.2. The highest BCUT2D eigenvalue weighted by atomic mass is 16.8. The molecule has 0 unspecified atom stereocenters. The van der Waals surface area contributed by atoms with Gasteiger partial charge in [-0.3, -0.25) is 0 Å². The van der Waals surface area contributed by atoms with Gasteiger partial charge in [-0.15, -0.1) is 0 Å². The van der Waals surface area contributed by atoms with Gasteiger partial charge in [-0.1, -0.05) is 41.5 Å². The molecule has 14 heteroatoms. The van der Waals surface area contributed by atoms with E-state index >= 15 is 0 Å². The lowest BCUT2D eigenvalue weighted by Crippen LogP contribution is -2.74. The Morgan fingerprint density at radius 1 is 0.745 bits per heavy atom. The van der Waals surface area contributed by atoms with Crippen LogP contribution >= 0.6 is 0 Å². The molecule has 1 spiro atoms. The number of aldehydes is 1. The first-order valence-electron chi connectivity index (χ1n) is 20.6. The molecule has 312 valence electrons. The van der Waals surface area contributed by atoms with Gasteiger partial charge in [0.2, 0.25) is 0 Å². The number of rotatable bonds is 6. The number of aliphatic hydroxyl groups is 6. The Balaban J connectivity index is 1.04. The Morgan fingerprint density at radius 2 is 1.45 bits per heavy atom. The number of carbonyl (C=O) groups is 2. The van der Waals surface area contributed by atoms with E-state index in [4.69, 9.17) is 23.7 Å². The Labute approximate surface area is 323 Å². The smallest absolute Gasteiger partial charge is 0.335 e. The number of ether oxygens (including phenoxy) is 5. The largest absolute Gasteiger partial charge is 0.479 e. The van der Waals surface area contributed by atoms with Crippen molar-refractivity contribution in [3.8, 4) is 0 Å². The molecule has 3 heterocycles. The molecule has 8 aliphatic rings. The van der Waals surface area contributed by atoms with Crippen molar-refractivity contribution >= 4 is 12.3 Å². The van der Waals surface area contributed by atoms with Crippen LogP contribution in [0.2, 0.25) is 0 Å². The Bertz CT molecular complexity index is 1530. The summed E-state index contributed by atoms with van der Waals surface area (Å²) in [6, 6.07) is 0. The van der Waals surface area contributed by atoms with Crippen LogP contribution in [-0.2, 0) is 33.3 Å². The van der Waals surface area contributed by atoms with Crippen molar-refractivity contribution in [2.75, 3.05) is 13.2 Å². The molecule has 8 rings (SSSR count). The number of fused-ring (bicyclic) bond motifs is 4. The normalized spacial score (nSPS) is 58.4. The Kier molecular flexibility index (Phi) is 9.64. The predicted molar refractivity (Wildman–Crippen MR) is 192 cm³/mol. The van der Waals surface area contributed by atoms with Gasteiger partial charge in [0.15, 0.2) is 18.7 Å². The van der Waals surface area contributed by atoms with E-state index in [1.807, 2.05) is 0 Å². The monoisotopic (exact) mass is 780 g/mol. The standard InChI is InChI=1S/C41H64O14/c1-35(2)21-7-11-38(5)22(8-12-41-23-15-36(3,18-42)13-14-40(23,19-52-41)24(44)16-39(38,41)6)37(21,4)10-9-25(35)53-34-31(26(45)20(43)17-51-34)55-33-29(48)27(46)28(47)30(54-33)32(49)50/h18,20-31,33-34,43-48H,7-17,19H2,1-6H3,(H,49,50)/t20-,21+,22-,23+,24-,25+,26+,27+,28+,29-,30+,31-,33+,34+,36+,37+,38-,39+,40-,41+/m1/s1. The van der Waals surface area contributed by atoms with Gasteiger partial charge >= 0.3 is 5.97 Å². The van der Waals surface area contributed by atoms with E-state index < -0.39 is 83.8 Å². The molecule has 0 amide bonds. The molecule has 0 aromatic carbocycles. The number of aliphatic hydroxyl groups excluding tert-OH is 6. The number of carbonyl (C=O) groups excluding carboxylic acids is 1. The number of hydrogen-bond donors (Lipinski definition) is 7. The summed E-state index contributed by atoms with van der Waals surface area (Å²) in [5.74, 6) is -0.872. The summed E-state index contributed by atoms with van der Waals surface area (Å²) >= 11 is 0. The molecule has 5 saturated carbocycles. The quantitative estimate of drug-likeness (QED) is 0.151. The van der Waals surface area contributed by atoms with Gasteiger partial charge in [-0.05, 0) is 98.2 Å². The lowest BCUT2D eigenvalue weighted by molar-refractivity contribution is -0.364. The van der Waals surface area contributed by atoms with Crippen molar-refractivity contribution in [3.63, 3.8) is 0 Å². The van der Waals surface area contributed by atoms with Gasteiger partial charge in [0.05, 0.1) is 31.0 Å². The summed E-state index contributed by atoms with van der Waals surface area (Å²) in [6.07, 6.45) is -6.34. The molecule has 0 radical (unpaired) electrons. The van der Waals surface area contributed by atoms with Gasteiger partial charge in [0.1, 0.15) is 42.9 Å². The molecule has 3 saturated heterocycles. The summed E-state index contributed by atoms with van der Waals surface area (Å²) in [7, 11) is 0. The zero-order valence-corrected chi connectivity index (χ0v) is 33.1. The SMILES string of the molecule is CC1(C)[C@@H](O[C@@H]2OC[C@@H](O)[C@H](O)[C@H]2O[C@@H]2O[C@H](C(=O)O)[C@@H](O)[C@H](O)[C@H]2O)CC[C@]2(C)[C@H]3CC[C@]45OC[C@@]6(CC[C@](C)(C=O)C[C@@H]64)[C@H](O)C[C@@]5(C)[C@]3(C)CC[C@@H]12. The number of hydrogen-bond acceptors (Lipinski definition) is 13. The van der Waals surface area contributed by atoms with Crippen molar-refractivity contribution in [3.05, 3.63) is 0 Å². The van der Waals surface area contributed by atoms with Gasteiger partial charge < -0.3 is 64.2 Å². The zero-order chi connectivity index (χ0) is 39.9. The molecule has 14 nitrogen and oxygen atoms in total. The lowest BCUT2D eigenvalue weighted by Gasteiger charge is -2.75. The van der Waals surface area contributed by atoms with Crippen molar-refractivity contribution in [1.82, 2.24) is 0 Å². The average molecular weight is 781 g/mol. The third kappa shape index (κ3) is 5.38. The summed E-state index contributed by atoms with van der Waals surface area (Å²) in [6.45, 7) is 14.1. The number of aliphatic carboxylic acids is 1. The van der Waals surface area contributed by atoms with Crippen LogP contribution < -0.4 is 0 Å². The van der Waals surface area contributed by atoms with Gasteiger partial charge in [0.25, 0.3) is 0 Å². The molecule has 8 fully saturated rings. The van der Waals surface area contributed by atoms with Crippen LogP contribution in [0.1, 0.15) is 106 Å². The first-order valence-corrected chi connectivity index (χ1v) is 20.6. The van der Waals surface area contributed by atoms with Crippen LogP contribution in [-0.4, -0.2) is 134 Å². The second-order valence-electron chi connectivity index (χ2n) is 20.7. The van der Waals surface area contributed by atoms with E-state index in [-0.39, 0.29) is 46.2 Å². The van der Waals surface area contributed by atoms with Gasteiger partial charge in [0, 0.05) is 16.2 Å². The van der Waals surface area contributed by atoms with Crippen molar-refractivity contribution < 1.29 is 69.0 Å². The minimum atomic E-state index is -1.92. The highest BCUT2D eigenvalue weighted by Crippen LogP contribution is 2.80. The fourth-order valence-electron chi connectivity index (χ4n) is 14.7. The third-order valence-electron chi connectivity index (χ3n) is 18.1. The Morgan fingerprint density at radius 3 is 2.15 bits per heavy atom. The van der Waals surface area contributed by atoms with E-state index in [0.717, 1.165) is 57.7 Å². The molecule has 55 heavy (non-hydrogen) atoms. The maximum absolute atomic E-state index is 12.4. The predicted octanol–water partition coefficient (Wildman–Crippen LogP) is 1.91. The van der Waals surface area contributed by atoms with Crippen LogP contribution in [0.3, 0.4) is 0 Å². The molecule has 20 atom stereocenters. The summed E-state index contributed by atoms with van der Waals surface area (Å²) < 4.78 is 31.0. The lowest BCUT2D eigenvalue weighted by atomic mass is 9.30. The average Bonchev–Trinajstić information content (AvgIpc) is 3.41. The van der Waals surface area contributed by atoms with Gasteiger partial charge in [-0.25, -0.2) is 4.79 Å². The molecule has 2 bridgehead atoms. The van der Waals surface area contributed by atoms with Crippen LogP contribution in [0.4, 0.5) is 0 Å². The Hall–Kier alpha value is -1.30. The highest BCUT2D eigenvalue weighted by Gasteiger charge is 2.80. The van der Waals surface area contributed by atoms with E-state index in [1.165, 1.54) is 0 Å². The molecule has 0 aromatic rings. The molecule has 0 aromatic heterocycles. The highest BCUT2D eigenvalue weighted by molar-refractivity contribution is 5.73. The third-order valence-corrected chi connectivity index (χ3v) is 18.1. The number of carboxylic acids is 1. The minimum absolute atomic E-state index is 0.0785. The van der Waals surface area contributed by atoms with Crippen LogP contribution in [0, 0.1) is 50.2 Å². The van der Waals surface area contributed by atoms with Crippen molar-refractivity contribution in [2.45, 2.75) is 179 Å². The first kappa shape index (κ1) is 40.5. The first-order chi connectivity index (χ1) is 25.6. The van der Waals surface area contributed by atoms with Gasteiger partial charge in [-0.2, -0.15) is 0 Å². The molecule has 7 N–H and O–H groups in total. The number of carboxylic acid groups (broad SMARTS) is 1. The maximum Gasteiger partial charge on any atom is 0.335 e. The van der Waals surface area contributed by atoms with Crippen LogP contribution in [0.5, 0.6) is 0 Å². The summed E-state index contributed by atoms with van der Waals surface area (Å²) in [5, 5.41) is 74.6. The van der Waals surface area contributed by atoms with E-state index in [9.17, 15) is 45.3 Å². The van der Waals surface area contributed by atoms with E-state index in [1.54, 1.807) is 0 Å². The fourth-order valence-corrected chi connectivity index (χ4v) is 14.7. The maximum atomic E-state index is 12.4. The van der Waals surface area contributed by atoms with E-state index in [0.29, 0.717) is 25.4 Å². The second-order valence-corrected chi connectivity index (χ2v) is 20.7. The molecular weight excluding hydrogens is 716 g/mol. The minimum Gasteiger partial charge on any atom is -0.479 e. The fraction of sp³-hybridized carbons (Fsp3) is 0.951.